The quantitative estimate of drug-likeness (QED) is 0.738. The van der Waals surface area contributed by atoms with Crippen LogP contribution in [0.2, 0.25) is 0 Å². The first-order chi connectivity index (χ1) is 9.25. The van der Waals surface area contributed by atoms with Gasteiger partial charge in [0, 0.05) is 4.47 Å². The molecule has 0 aromatic heterocycles. The number of hydrogen-bond acceptors (Lipinski definition) is 5. The van der Waals surface area contributed by atoms with Crippen molar-refractivity contribution in [3.8, 4) is 0 Å². The number of benzene rings is 1. The number of nitrogens with one attached hydrogen (secondary N) is 1. The summed E-state index contributed by atoms with van der Waals surface area (Å²) in [5.41, 5.74) is -0.258. The highest BCUT2D eigenvalue weighted by atomic mass is 79.9. The zero-order valence-electron chi connectivity index (χ0n) is 10.4. The predicted molar refractivity (Wildman–Crippen MR) is 75.1 cm³/mol. The number of carboxylic acid groups (broad SMARTS) is 1. The van der Waals surface area contributed by atoms with Crippen LogP contribution in [0.4, 0.5) is 5.69 Å². The van der Waals surface area contributed by atoms with Gasteiger partial charge in [-0.15, -0.1) is 0 Å². The molecule has 0 radical (unpaired) electrons. The van der Waals surface area contributed by atoms with Crippen molar-refractivity contribution in [1.82, 2.24) is 0 Å². The molecule has 0 amide bonds. The summed E-state index contributed by atoms with van der Waals surface area (Å²) < 4.78 is 30.5. The van der Waals surface area contributed by atoms with Crippen LogP contribution in [0.15, 0.2) is 22.7 Å². The first kappa shape index (κ1) is 16.4. The lowest BCUT2D eigenvalue weighted by Gasteiger charge is -2.10. The first-order valence-corrected chi connectivity index (χ1v) is 7.80. The van der Waals surface area contributed by atoms with Gasteiger partial charge in [0.1, 0.15) is 0 Å². The molecular formula is C11H12BrNO6S. The Bertz CT molecular complexity index is 628. The molecule has 0 bridgehead atoms. The van der Waals surface area contributed by atoms with Gasteiger partial charge in [-0.05, 0) is 18.2 Å². The van der Waals surface area contributed by atoms with E-state index in [1.54, 1.807) is 0 Å². The summed E-state index contributed by atoms with van der Waals surface area (Å²) in [6.07, 6.45) is -0.315. The van der Waals surface area contributed by atoms with Crippen molar-refractivity contribution in [2.75, 3.05) is 17.6 Å². The summed E-state index contributed by atoms with van der Waals surface area (Å²) >= 11 is 3.10. The van der Waals surface area contributed by atoms with E-state index < -0.39 is 27.7 Å². The van der Waals surface area contributed by atoms with E-state index >= 15 is 0 Å². The molecule has 0 aliphatic carbocycles. The maximum absolute atomic E-state index is 11.8. The Morgan fingerprint density at radius 1 is 1.40 bits per heavy atom. The molecule has 0 spiro atoms. The minimum absolute atomic E-state index is 0.0643. The number of halogens is 1. The lowest BCUT2D eigenvalue weighted by molar-refractivity contribution is -0.140. The number of methoxy groups -OCH3 is 1. The summed E-state index contributed by atoms with van der Waals surface area (Å²) in [6, 6.07) is 4.11. The Hall–Kier alpha value is -1.61. The van der Waals surface area contributed by atoms with Gasteiger partial charge >= 0.3 is 11.9 Å². The van der Waals surface area contributed by atoms with E-state index in [-0.39, 0.29) is 17.7 Å². The Morgan fingerprint density at radius 2 is 2.05 bits per heavy atom. The van der Waals surface area contributed by atoms with Crippen molar-refractivity contribution in [2.24, 2.45) is 0 Å². The highest BCUT2D eigenvalue weighted by Crippen LogP contribution is 2.22. The lowest BCUT2D eigenvalue weighted by atomic mass is 10.2. The van der Waals surface area contributed by atoms with Crippen LogP contribution in [0, 0.1) is 0 Å². The number of carbonyl (C=O) groups excluding carboxylic acids is 1. The van der Waals surface area contributed by atoms with E-state index in [1.165, 1.54) is 18.2 Å². The molecule has 0 unspecified atom stereocenters. The van der Waals surface area contributed by atoms with Crippen LogP contribution in [0.1, 0.15) is 16.8 Å². The fraction of sp³-hybridized carbons (Fsp3) is 0.273. The zero-order valence-corrected chi connectivity index (χ0v) is 12.8. The summed E-state index contributed by atoms with van der Waals surface area (Å²) in [5.74, 6) is -2.42. The van der Waals surface area contributed by atoms with Crippen LogP contribution in [0.25, 0.3) is 0 Å². The van der Waals surface area contributed by atoms with Crippen molar-refractivity contribution in [3.63, 3.8) is 0 Å². The van der Waals surface area contributed by atoms with Gasteiger partial charge in [0.15, 0.2) is 0 Å². The number of esters is 1. The number of carboxylic acids is 1. The van der Waals surface area contributed by atoms with Crippen LogP contribution in [-0.2, 0) is 19.6 Å². The number of aromatic carboxylic acids is 1. The Morgan fingerprint density at radius 3 is 2.60 bits per heavy atom. The molecule has 110 valence electrons. The van der Waals surface area contributed by atoms with Crippen molar-refractivity contribution in [1.29, 1.82) is 0 Å². The van der Waals surface area contributed by atoms with Crippen molar-refractivity contribution < 1.29 is 27.9 Å². The molecule has 0 saturated heterocycles. The van der Waals surface area contributed by atoms with Crippen LogP contribution in [0.3, 0.4) is 0 Å². The third kappa shape index (κ3) is 4.82. The SMILES string of the molecule is COC(=O)CCS(=O)(=O)Nc1ccc(Br)cc1C(=O)O. The molecule has 1 aromatic rings. The summed E-state index contributed by atoms with van der Waals surface area (Å²) in [4.78, 5) is 22.0. The monoisotopic (exact) mass is 365 g/mol. The van der Waals surface area contributed by atoms with Crippen LogP contribution < -0.4 is 4.72 Å². The zero-order chi connectivity index (χ0) is 15.3. The second kappa shape index (κ2) is 6.71. The third-order valence-corrected chi connectivity index (χ3v) is 4.05. The number of ether oxygens (including phenoxy) is 1. The molecule has 20 heavy (non-hydrogen) atoms. The topological polar surface area (TPSA) is 110 Å². The van der Waals surface area contributed by atoms with Gasteiger partial charge in [0.05, 0.1) is 30.5 Å². The number of anilines is 1. The van der Waals surface area contributed by atoms with Gasteiger partial charge in [-0.25, -0.2) is 13.2 Å². The average Bonchev–Trinajstić information content (AvgIpc) is 2.37. The van der Waals surface area contributed by atoms with E-state index in [0.29, 0.717) is 4.47 Å². The summed E-state index contributed by atoms with van der Waals surface area (Å²) in [7, 11) is -2.69. The van der Waals surface area contributed by atoms with Crippen LogP contribution in [0.5, 0.6) is 0 Å². The Kier molecular flexibility index (Phi) is 5.52. The molecule has 7 nitrogen and oxygen atoms in total. The maximum Gasteiger partial charge on any atom is 0.337 e. The molecular weight excluding hydrogens is 354 g/mol. The first-order valence-electron chi connectivity index (χ1n) is 5.35. The van der Waals surface area contributed by atoms with Crippen molar-refractivity contribution in [3.05, 3.63) is 28.2 Å². The number of sulfonamides is 1. The molecule has 1 aromatic carbocycles. The molecule has 0 aliphatic rings. The van der Waals surface area contributed by atoms with Gasteiger partial charge in [-0.3, -0.25) is 9.52 Å². The maximum atomic E-state index is 11.8. The molecule has 0 aliphatic heterocycles. The standard InChI is InChI=1S/C11H12BrNO6S/c1-19-10(14)4-5-20(17,18)13-9-3-2-7(12)6-8(9)11(15)16/h2-3,6,13H,4-5H2,1H3,(H,15,16). The van der Waals surface area contributed by atoms with Gasteiger partial charge in [-0.1, -0.05) is 15.9 Å². The second-order valence-corrected chi connectivity index (χ2v) is 6.50. The van der Waals surface area contributed by atoms with E-state index in [1.807, 2.05) is 0 Å². The predicted octanol–water partition coefficient (Wildman–Crippen LogP) is 1.45. The molecule has 0 atom stereocenters. The van der Waals surface area contributed by atoms with Gasteiger partial charge in [-0.2, -0.15) is 0 Å². The van der Waals surface area contributed by atoms with Crippen molar-refractivity contribution >= 4 is 43.6 Å². The Labute approximate surface area is 124 Å². The number of rotatable bonds is 6. The third-order valence-electron chi connectivity index (χ3n) is 2.28. The highest BCUT2D eigenvalue weighted by molar-refractivity contribution is 9.10. The van der Waals surface area contributed by atoms with E-state index in [2.05, 4.69) is 25.4 Å². The van der Waals surface area contributed by atoms with Crippen LogP contribution >= 0.6 is 15.9 Å². The molecule has 0 saturated carbocycles. The van der Waals surface area contributed by atoms with E-state index in [9.17, 15) is 18.0 Å². The van der Waals surface area contributed by atoms with E-state index in [4.69, 9.17) is 5.11 Å². The van der Waals surface area contributed by atoms with Gasteiger partial charge in [0.25, 0.3) is 0 Å². The van der Waals surface area contributed by atoms with Gasteiger partial charge < -0.3 is 9.84 Å². The second-order valence-electron chi connectivity index (χ2n) is 3.74. The summed E-state index contributed by atoms with van der Waals surface area (Å²) in [6.45, 7) is 0. The molecule has 0 heterocycles. The highest BCUT2D eigenvalue weighted by Gasteiger charge is 2.18. The average molecular weight is 366 g/mol. The largest absolute Gasteiger partial charge is 0.478 e. The van der Waals surface area contributed by atoms with Gasteiger partial charge in [0.2, 0.25) is 10.0 Å². The Balaban J connectivity index is 2.92. The smallest absolute Gasteiger partial charge is 0.337 e. The fourth-order valence-electron chi connectivity index (χ4n) is 1.32. The molecule has 9 heteroatoms. The molecule has 0 fully saturated rings. The number of hydrogen-bond donors (Lipinski definition) is 2. The van der Waals surface area contributed by atoms with Crippen LogP contribution in [-0.4, -0.2) is 38.3 Å². The molecule has 2 N–H and O–H groups in total. The normalized spacial score (nSPS) is 10.9. The minimum Gasteiger partial charge on any atom is -0.478 e. The lowest BCUT2D eigenvalue weighted by Crippen LogP contribution is -2.20. The number of carbonyl (C=O) groups is 2. The summed E-state index contributed by atoms with van der Waals surface area (Å²) in [5, 5.41) is 9.01. The van der Waals surface area contributed by atoms with Crippen molar-refractivity contribution in [2.45, 2.75) is 6.42 Å². The minimum atomic E-state index is -3.84. The van der Waals surface area contributed by atoms with E-state index in [0.717, 1.165) is 7.11 Å². The molecule has 1 rings (SSSR count). The fourth-order valence-corrected chi connectivity index (χ4v) is 2.73.